The largest absolute Gasteiger partial charge is 0.435 e. The average Bonchev–Trinajstić information content (AvgIpc) is 3.48. The predicted molar refractivity (Wildman–Crippen MR) is 117 cm³/mol. The summed E-state index contributed by atoms with van der Waals surface area (Å²) in [6.45, 7) is 0. The van der Waals surface area contributed by atoms with E-state index in [4.69, 9.17) is 51.2 Å². The Labute approximate surface area is 200 Å². The molecule has 2 aliphatic rings. The lowest BCUT2D eigenvalue weighted by molar-refractivity contribution is -0.275. The van der Waals surface area contributed by atoms with Crippen molar-refractivity contribution in [3.63, 3.8) is 0 Å². The number of carbonyl (C=O) groups is 1. The highest BCUT2D eigenvalue weighted by Crippen LogP contribution is 2.50. The number of halogens is 7. The van der Waals surface area contributed by atoms with Gasteiger partial charge in [-0.2, -0.15) is 13.2 Å². The lowest BCUT2D eigenvalue weighted by Crippen LogP contribution is -2.42. The van der Waals surface area contributed by atoms with Crippen LogP contribution >= 0.6 is 46.4 Å². The van der Waals surface area contributed by atoms with Crippen molar-refractivity contribution >= 4 is 63.7 Å². The molecule has 2 N–H and O–H groups in total. The van der Waals surface area contributed by atoms with E-state index in [2.05, 4.69) is 16.0 Å². The van der Waals surface area contributed by atoms with Gasteiger partial charge in [-0.3, -0.25) is 15.6 Å². The number of alkyl halides is 3. The molecule has 1 amide bonds. The summed E-state index contributed by atoms with van der Waals surface area (Å²) in [7, 11) is 0. The Balaban J connectivity index is 1.62. The quantitative estimate of drug-likeness (QED) is 0.335. The van der Waals surface area contributed by atoms with Crippen molar-refractivity contribution in [2.45, 2.75) is 31.0 Å². The third-order valence-electron chi connectivity index (χ3n) is 5.20. The molecule has 2 aromatic rings. The molecule has 0 spiro atoms. The lowest BCUT2D eigenvalue weighted by atomic mass is 9.86. The fourth-order valence-electron chi connectivity index (χ4n) is 3.22. The van der Waals surface area contributed by atoms with Crippen LogP contribution in [-0.2, 0) is 15.2 Å². The van der Waals surface area contributed by atoms with E-state index in [1.54, 1.807) is 0 Å². The van der Waals surface area contributed by atoms with Crippen LogP contribution in [0.5, 0.6) is 0 Å². The number of carbonyl (C=O) groups excluding carboxylic acids is 1. The Hall–Kier alpha value is -1.87. The number of nitrogens with zero attached hydrogens (tertiary/aromatic N) is 1. The molecule has 1 atom stereocenters. The number of oxime groups is 1. The van der Waals surface area contributed by atoms with Gasteiger partial charge in [0.25, 0.3) is 5.60 Å². The molecule has 4 rings (SSSR count). The third kappa shape index (κ3) is 4.33. The van der Waals surface area contributed by atoms with Gasteiger partial charge in [0.05, 0.1) is 31.5 Å². The molecule has 1 heterocycles. The number of nitrogens with one attached hydrogen (secondary N) is 2. The number of anilines is 1. The Kier molecular flexibility index (Phi) is 6.17. The molecule has 170 valence electrons. The zero-order valence-corrected chi connectivity index (χ0v) is 19.0. The molecule has 1 aliphatic heterocycles. The lowest BCUT2D eigenvalue weighted by Gasteiger charge is -2.30. The van der Waals surface area contributed by atoms with Crippen LogP contribution in [-0.4, -0.2) is 17.8 Å². The van der Waals surface area contributed by atoms with Crippen LogP contribution in [0, 0.1) is 5.92 Å². The molecular formula is C20H14Cl4F3N3O2. The minimum absolute atomic E-state index is 0.0257. The smallest absolute Gasteiger partial charge is 0.374 e. The zero-order chi connectivity index (χ0) is 23.3. The number of rotatable bonds is 5. The molecule has 0 saturated heterocycles. The monoisotopic (exact) mass is 525 g/mol. The maximum atomic E-state index is 14.2. The van der Waals surface area contributed by atoms with E-state index < -0.39 is 18.2 Å². The van der Waals surface area contributed by atoms with Crippen molar-refractivity contribution in [3.05, 3.63) is 61.5 Å². The van der Waals surface area contributed by atoms with Gasteiger partial charge >= 0.3 is 6.18 Å². The maximum absolute atomic E-state index is 14.2. The van der Waals surface area contributed by atoms with Gasteiger partial charge in [-0.1, -0.05) is 57.6 Å². The van der Waals surface area contributed by atoms with E-state index >= 15 is 0 Å². The third-order valence-corrected chi connectivity index (χ3v) is 6.73. The van der Waals surface area contributed by atoms with Gasteiger partial charge in [-0.15, -0.1) is 0 Å². The molecular weight excluding hydrogens is 513 g/mol. The van der Waals surface area contributed by atoms with Gasteiger partial charge < -0.3 is 4.84 Å². The molecule has 12 heteroatoms. The summed E-state index contributed by atoms with van der Waals surface area (Å²) in [6.07, 6.45) is -3.86. The van der Waals surface area contributed by atoms with Gasteiger partial charge in [0.2, 0.25) is 5.91 Å². The number of hydrazine groups is 1. The molecule has 1 saturated carbocycles. The van der Waals surface area contributed by atoms with E-state index in [-0.39, 0.29) is 43.2 Å². The van der Waals surface area contributed by atoms with E-state index in [9.17, 15) is 18.0 Å². The molecule has 0 aromatic heterocycles. The van der Waals surface area contributed by atoms with Crippen LogP contribution in [0.3, 0.4) is 0 Å². The minimum atomic E-state index is -4.84. The van der Waals surface area contributed by atoms with Crippen LogP contribution in [0.1, 0.15) is 30.4 Å². The predicted octanol–water partition coefficient (Wildman–Crippen LogP) is 6.74. The number of benzene rings is 2. The summed E-state index contributed by atoms with van der Waals surface area (Å²) >= 11 is 23.9. The van der Waals surface area contributed by atoms with Crippen molar-refractivity contribution in [2.75, 3.05) is 5.43 Å². The molecule has 0 bridgehead atoms. The summed E-state index contributed by atoms with van der Waals surface area (Å²) < 4.78 is 42.6. The van der Waals surface area contributed by atoms with Crippen molar-refractivity contribution in [1.82, 2.24) is 5.43 Å². The Morgan fingerprint density at radius 2 is 1.72 bits per heavy atom. The first-order chi connectivity index (χ1) is 15.0. The van der Waals surface area contributed by atoms with Gasteiger partial charge in [0.15, 0.2) is 0 Å². The highest BCUT2D eigenvalue weighted by atomic mass is 35.5. The van der Waals surface area contributed by atoms with Crippen molar-refractivity contribution in [3.8, 4) is 0 Å². The number of hydrogen-bond donors (Lipinski definition) is 2. The first-order valence-corrected chi connectivity index (χ1v) is 10.9. The van der Waals surface area contributed by atoms with E-state index in [1.165, 1.54) is 18.2 Å². The summed E-state index contributed by atoms with van der Waals surface area (Å²) in [5.74, 6) is -0.219. The Bertz CT molecular complexity index is 1100. The van der Waals surface area contributed by atoms with Crippen LogP contribution in [0.15, 0.2) is 35.5 Å². The molecule has 1 aliphatic carbocycles. The van der Waals surface area contributed by atoms with Crippen molar-refractivity contribution in [2.24, 2.45) is 11.1 Å². The van der Waals surface area contributed by atoms with Gasteiger partial charge in [-0.25, -0.2) is 0 Å². The van der Waals surface area contributed by atoms with Crippen LogP contribution in [0.25, 0.3) is 0 Å². The highest BCUT2D eigenvalue weighted by Gasteiger charge is 2.62. The van der Waals surface area contributed by atoms with Crippen LogP contribution in [0.4, 0.5) is 18.9 Å². The van der Waals surface area contributed by atoms with E-state index in [0.717, 1.165) is 25.0 Å². The van der Waals surface area contributed by atoms with E-state index in [1.807, 2.05) is 0 Å². The topological polar surface area (TPSA) is 62.7 Å². The van der Waals surface area contributed by atoms with Crippen LogP contribution in [0.2, 0.25) is 20.1 Å². The molecule has 5 nitrogen and oxygen atoms in total. The second-order valence-corrected chi connectivity index (χ2v) is 9.07. The van der Waals surface area contributed by atoms with Crippen molar-refractivity contribution < 1.29 is 22.8 Å². The zero-order valence-electron chi connectivity index (χ0n) is 16.0. The minimum Gasteiger partial charge on any atom is -0.374 e. The molecule has 1 fully saturated rings. The van der Waals surface area contributed by atoms with E-state index in [0.29, 0.717) is 11.3 Å². The second-order valence-electron chi connectivity index (χ2n) is 7.47. The average molecular weight is 527 g/mol. The second kappa shape index (κ2) is 8.48. The molecule has 0 unspecified atom stereocenters. The van der Waals surface area contributed by atoms with Crippen molar-refractivity contribution in [1.29, 1.82) is 0 Å². The summed E-state index contributed by atoms with van der Waals surface area (Å²) in [5, 5.41) is 3.63. The summed E-state index contributed by atoms with van der Waals surface area (Å²) in [5.41, 5.74) is 2.78. The first kappa shape index (κ1) is 23.3. The maximum Gasteiger partial charge on any atom is 0.435 e. The van der Waals surface area contributed by atoms with Gasteiger partial charge in [-0.05, 0) is 37.1 Å². The SMILES string of the molecule is O=C(NNc1cc(C2=NO[C@](c3cc(Cl)c(Cl)c(Cl)c3)(C(F)(F)F)C2)ccc1Cl)C1CC1. The Morgan fingerprint density at radius 3 is 2.31 bits per heavy atom. The highest BCUT2D eigenvalue weighted by molar-refractivity contribution is 6.48. The number of hydrogen-bond acceptors (Lipinski definition) is 4. The van der Waals surface area contributed by atoms with Gasteiger partial charge in [0.1, 0.15) is 0 Å². The van der Waals surface area contributed by atoms with Crippen LogP contribution < -0.4 is 10.9 Å². The summed E-state index contributed by atoms with van der Waals surface area (Å²) in [4.78, 5) is 16.8. The normalized spacial score (nSPS) is 20.5. The Morgan fingerprint density at radius 1 is 1.06 bits per heavy atom. The standard InChI is InChI=1S/C20H14Cl4F3N3O2/c21-12-4-3-10(5-15(12)28-29-18(31)9-1-2-9)16-8-19(32-30-16,20(25,26)27)11-6-13(22)17(24)14(23)7-11/h3-7,9,28H,1-2,8H2,(H,29,31)/t19-/m1/s1. The molecule has 0 radical (unpaired) electrons. The van der Waals surface area contributed by atoms with Gasteiger partial charge in [0, 0.05) is 23.5 Å². The molecule has 2 aromatic carbocycles. The first-order valence-electron chi connectivity index (χ1n) is 9.34. The number of amides is 1. The fraction of sp³-hybridized carbons (Fsp3) is 0.300. The fourth-order valence-corrected chi connectivity index (χ4v) is 3.99. The molecule has 32 heavy (non-hydrogen) atoms. The summed E-state index contributed by atoms with van der Waals surface area (Å²) in [6, 6.07) is 6.58.